The summed E-state index contributed by atoms with van der Waals surface area (Å²) in [6.07, 6.45) is 1.60. The number of hydrogen-bond donors (Lipinski definition) is 3. The highest BCUT2D eigenvalue weighted by Gasteiger charge is 2.20. The summed E-state index contributed by atoms with van der Waals surface area (Å²) in [5.41, 5.74) is 5.91. The van der Waals surface area contributed by atoms with Gasteiger partial charge in [0.1, 0.15) is 13.1 Å². The summed E-state index contributed by atoms with van der Waals surface area (Å²) in [5.74, 6) is -2.58. The van der Waals surface area contributed by atoms with Gasteiger partial charge in [-0.2, -0.15) is 5.10 Å². The highest BCUT2D eigenvalue weighted by molar-refractivity contribution is 6.00. The van der Waals surface area contributed by atoms with Gasteiger partial charge in [-0.15, -0.1) is 0 Å². The molecule has 20 heavy (non-hydrogen) atoms. The number of nitrogens with two attached hydrogens (primary N) is 1. The maximum atomic E-state index is 12.2. The summed E-state index contributed by atoms with van der Waals surface area (Å²) in [7, 11) is 0. The number of hydrogen-bond acceptors (Lipinski definition) is 4. The molecule has 8 heteroatoms. The number of nitrogens with one attached hydrogen (secondary N) is 1. The first-order valence-electron chi connectivity index (χ1n) is 5.70. The Balaban J connectivity index is 2.29. The van der Waals surface area contributed by atoms with Gasteiger partial charge in [0.2, 0.25) is 5.91 Å². The van der Waals surface area contributed by atoms with Crippen molar-refractivity contribution >= 4 is 28.7 Å². The molecule has 1 aromatic carbocycles. The molecule has 1 heterocycles. The maximum absolute atomic E-state index is 12.2. The predicted octanol–water partition coefficient (Wildman–Crippen LogP) is -0.425. The second-order valence-corrected chi connectivity index (χ2v) is 4.19. The van der Waals surface area contributed by atoms with Crippen LogP contribution >= 0.6 is 0 Å². The van der Waals surface area contributed by atoms with E-state index in [1.165, 1.54) is 6.07 Å². The number of carbonyl (C=O) groups is 3. The van der Waals surface area contributed by atoms with Crippen LogP contribution in [-0.2, 0) is 9.59 Å². The fourth-order valence-electron chi connectivity index (χ4n) is 1.80. The average Bonchev–Trinajstić information content (AvgIpc) is 2.83. The molecule has 0 aliphatic carbocycles. The lowest BCUT2D eigenvalue weighted by Crippen LogP contribution is -2.41. The van der Waals surface area contributed by atoms with Crippen LogP contribution in [0.1, 0.15) is 10.4 Å². The van der Waals surface area contributed by atoms with Crippen molar-refractivity contribution in [1.29, 1.82) is 0 Å². The third-order valence-electron chi connectivity index (χ3n) is 2.65. The van der Waals surface area contributed by atoms with Crippen molar-refractivity contribution < 1.29 is 19.5 Å². The highest BCUT2D eigenvalue weighted by Crippen LogP contribution is 2.14. The molecule has 104 valence electrons. The lowest BCUT2D eigenvalue weighted by Gasteiger charge is -2.18. The van der Waals surface area contributed by atoms with Crippen LogP contribution in [0, 0.1) is 0 Å². The van der Waals surface area contributed by atoms with Crippen molar-refractivity contribution in [3.8, 4) is 0 Å². The number of carboxylic acid groups (broad SMARTS) is 1. The highest BCUT2D eigenvalue weighted by atomic mass is 16.4. The molecule has 0 bridgehead atoms. The molecule has 8 nitrogen and oxygen atoms in total. The van der Waals surface area contributed by atoms with E-state index in [2.05, 4.69) is 10.2 Å². The van der Waals surface area contributed by atoms with Crippen molar-refractivity contribution in [2.45, 2.75) is 0 Å². The van der Waals surface area contributed by atoms with Gasteiger partial charge in [-0.1, -0.05) is 6.07 Å². The Kier molecular flexibility index (Phi) is 3.65. The Morgan fingerprint density at radius 2 is 2.05 bits per heavy atom. The summed E-state index contributed by atoms with van der Waals surface area (Å²) in [6, 6.07) is 4.76. The van der Waals surface area contributed by atoms with Gasteiger partial charge >= 0.3 is 5.97 Å². The quantitative estimate of drug-likeness (QED) is 0.682. The van der Waals surface area contributed by atoms with E-state index in [0.717, 1.165) is 10.3 Å². The molecule has 2 amide bonds. The molecule has 0 atom stereocenters. The third kappa shape index (κ3) is 2.91. The Bertz CT molecular complexity index is 663. The number of benzene rings is 1. The van der Waals surface area contributed by atoms with E-state index >= 15 is 0 Å². The van der Waals surface area contributed by atoms with Gasteiger partial charge < -0.3 is 15.7 Å². The molecule has 0 aliphatic rings. The normalized spacial score (nSPS) is 10.4. The molecular formula is C12H12N4O4. The Labute approximate surface area is 113 Å². The van der Waals surface area contributed by atoms with Crippen LogP contribution in [-0.4, -0.2) is 51.1 Å². The summed E-state index contributed by atoms with van der Waals surface area (Å²) in [4.78, 5) is 34.7. The Morgan fingerprint density at radius 1 is 1.30 bits per heavy atom. The first-order chi connectivity index (χ1) is 9.47. The number of carboxylic acids is 1. The number of primary amides is 1. The zero-order chi connectivity index (χ0) is 14.7. The number of nitrogens with zero attached hydrogens (tertiary/aromatic N) is 2. The van der Waals surface area contributed by atoms with Gasteiger partial charge in [-0.25, -0.2) is 0 Å². The molecule has 4 N–H and O–H groups in total. The summed E-state index contributed by atoms with van der Waals surface area (Å²) >= 11 is 0. The van der Waals surface area contributed by atoms with Crippen LogP contribution in [0.25, 0.3) is 10.9 Å². The van der Waals surface area contributed by atoms with Crippen molar-refractivity contribution in [1.82, 2.24) is 15.1 Å². The summed E-state index contributed by atoms with van der Waals surface area (Å²) in [6.45, 7) is -1.05. The molecular weight excluding hydrogens is 264 g/mol. The maximum Gasteiger partial charge on any atom is 0.323 e. The Hall–Kier alpha value is -2.90. The van der Waals surface area contributed by atoms with Crippen LogP contribution in [0.4, 0.5) is 0 Å². The van der Waals surface area contributed by atoms with Crippen LogP contribution in [0.15, 0.2) is 24.4 Å². The van der Waals surface area contributed by atoms with Crippen LogP contribution < -0.4 is 5.73 Å². The van der Waals surface area contributed by atoms with Gasteiger partial charge in [0.05, 0.1) is 11.7 Å². The molecule has 2 aromatic rings. The van der Waals surface area contributed by atoms with E-state index in [9.17, 15) is 14.4 Å². The van der Waals surface area contributed by atoms with Crippen LogP contribution in [0.3, 0.4) is 0 Å². The number of fused-ring (bicyclic) bond motifs is 1. The topological polar surface area (TPSA) is 129 Å². The lowest BCUT2D eigenvalue weighted by molar-refractivity contribution is -0.138. The largest absolute Gasteiger partial charge is 0.480 e. The van der Waals surface area contributed by atoms with Crippen molar-refractivity contribution in [3.63, 3.8) is 0 Å². The monoisotopic (exact) mass is 276 g/mol. The van der Waals surface area contributed by atoms with E-state index in [4.69, 9.17) is 10.8 Å². The van der Waals surface area contributed by atoms with Gasteiger partial charge in [-0.3, -0.25) is 19.5 Å². The van der Waals surface area contributed by atoms with Crippen molar-refractivity contribution in [3.05, 3.63) is 30.0 Å². The zero-order valence-electron chi connectivity index (χ0n) is 10.4. The number of aromatic amines is 1. The number of rotatable bonds is 5. The SMILES string of the molecule is NC(=O)CN(CC(=O)O)C(=O)c1ccc2cn[nH]c2c1. The molecule has 0 unspecified atom stereocenters. The minimum atomic E-state index is -1.22. The minimum absolute atomic E-state index is 0.254. The first-order valence-corrected chi connectivity index (χ1v) is 5.70. The van der Waals surface area contributed by atoms with E-state index in [1.807, 2.05) is 0 Å². The molecule has 0 aliphatic heterocycles. The van der Waals surface area contributed by atoms with E-state index in [0.29, 0.717) is 5.52 Å². The third-order valence-corrected chi connectivity index (χ3v) is 2.65. The Morgan fingerprint density at radius 3 is 2.70 bits per heavy atom. The number of aromatic nitrogens is 2. The molecule has 0 saturated heterocycles. The van der Waals surface area contributed by atoms with Gasteiger partial charge in [0, 0.05) is 10.9 Å². The summed E-state index contributed by atoms with van der Waals surface area (Å²) < 4.78 is 0. The zero-order valence-corrected chi connectivity index (χ0v) is 10.4. The molecule has 2 rings (SSSR count). The minimum Gasteiger partial charge on any atom is -0.480 e. The van der Waals surface area contributed by atoms with Crippen LogP contribution in [0.2, 0.25) is 0 Å². The molecule has 0 spiro atoms. The number of H-pyrrole nitrogens is 1. The second-order valence-electron chi connectivity index (χ2n) is 4.19. The van der Waals surface area contributed by atoms with Gasteiger partial charge in [-0.05, 0) is 12.1 Å². The van der Waals surface area contributed by atoms with Crippen molar-refractivity contribution in [2.75, 3.05) is 13.1 Å². The predicted molar refractivity (Wildman–Crippen MR) is 68.8 cm³/mol. The number of aliphatic carboxylic acids is 1. The smallest absolute Gasteiger partial charge is 0.323 e. The second kappa shape index (κ2) is 5.39. The molecule has 0 radical (unpaired) electrons. The van der Waals surface area contributed by atoms with E-state index in [1.54, 1.807) is 18.3 Å². The van der Waals surface area contributed by atoms with E-state index in [-0.39, 0.29) is 5.56 Å². The lowest BCUT2D eigenvalue weighted by atomic mass is 10.1. The fraction of sp³-hybridized carbons (Fsp3) is 0.167. The fourth-order valence-corrected chi connectivity index (χ4v) is 1.80. The van der Waals surface area contributed by atoms with Crippen molar-refractivity contribution in [2.24, 2.45) is 5.73 Å². The average molecular weight is 276 g/mol. The molecule has 1 aromatic heterocycles. The van der Waals surface area contributed by atoms with Gasteiger partial charge in [0.25, 0.3) is 5.91 Å². The summed E-state index contributed by atoms with van der Waals surface area (Å²) in [5, 5.41) is 16.1. The number of carbonyl (C=O) groups excluding carboxylic acids is 2. The van der Waals surface area contributed by atoms with Crippen LogP contribution in [0.5, 0.6) is 0 Å². The molecule has 0 fully saturated rings. The van der Waals surface area contributed by atoms with Gasteiger partial charge in [0.15, 0.2) is 0 Å². The first kappa shape index (κ1) is 13.5. The standard InChI is InChI=1S/C12H12N4O4/c13-10(17)5-16(6-11(18)19)12(20)7-1-2-8-4-14-15-9(8)3-7/h1-4H,5-6H2,(H2,13,17)(H,14,15)(H,18,19). The number of amides is 2. The molecule has 0 saturated carbocycles. The van der Waals surface area contributed by atoms with E-state index < -0.39 is 30.9 Å².